The van der Waals surface area contributed by atoms with Crippen LogP contribution in [0, 0.1) is 25.7 Å². The van der Waals surface area contributed by atoms with Crippen LogP contribution in [0.15, 0.2) is 18.2 Å². The van der Waals surface area contributed by atoms with Gasteiger partial charge in [-0.25, -0.2) is 0 Å². The monoisotopic (exact) mass is 372 g/mol. The van der Waals surface area contributed by atoms with Crippen LogP contribution in [0.3, 0.4) is 0 Å². The van der Waals surface area contributed by atoms with Crippen molar-refractivity contribution in [2.45, 2.75) is 46.0 Å². The van der Waals surface area contributed by atoms with Crippen LogP contribution in [0.4, 0.5) is 5.69 Å². The SMILES string of the molecule is Cc1ccc(N2CCC(C(=O)N3CCCC(CCC(=O)O)C3)C2=O)cc1C. The number of benzene rings is 1. The van der Waals surface area contributed by atoms with Gasteiger partial charge in [0.25, 0.3) is 0 Å². The molecule has 2 heterocycles. The van der Waals surface area contributed by atoms with Gasteiger partial charge in [-0.1, -0.05) is 6.07 Å². The zero-order valence-electron chi connectivity index (χ0n) is 16.1. The first-order valence-electron chi connectivity index (χ1n) is 9.76. The number of amides is 2. The summed E-state index contributed by atoms with van der Waals surface area (Å²) in [6.07, 6.45) is 3.09. The van der Waals surface area contributed by atoms with E-state index in [4.69, 9.17) is 5.11 Å². The third-order valence-corrected chi connectivity index (χ3v) is 5.90. The van der Waals surface area contributed by atoms with Crippen LogP contribution >= 0.6 is 0 Å². The number of carboxylic acids is 1. The fourth-order valence-corrected chi connectivity index (χ4v) is 4.11. The number of piperidine rings is 1. The molecule has 2 aliphatic rings. The highest BCUT2D eigenvalue weighted by Gasteiger charge is 2.40. The van der Waals surface area contributed by atoms with Gasteiger partial charge in [0, 0.05) is 31.7 Å². The van der Waals surface area contributed by atoms with Crippen LogP contribution in [-0.4, -0.2) is 47.4 Å². The van der Waals surface area contributed by atoms with Gasteiger partial charge >= 0.3 is 5.97 Å². The van der Waals surface area contributed by atoms with E-state index in [1.807, 2.05) is 32.0 Å². The van der Waals surface area contributed by atoms with Crippen molar-refractivity contribution in [3.05, 3.63) is 29.3 Å². The Bertz CT molecular complexity index is 746. The average molecular weight is 372 g/mol. The number of carboxylic acid groups (broad SMARTS) is 1. The Morgan fingerprint density at radius 3 is 2.63 bits per heavy atom. The molecule has 27 heavy (non-hydrogen) atoms. The highest BCUT2D eigenvalue weighted by molar-refractivity contribution is 6.09. The second-order valence-corrected chi connectivity index (χ2v) is 7.82. The summed E-state index contributed by atoms with van der Waals surface area (Å²) >= 11 is 0. The molecular weight excluding hydrogens is 344 g/mol. The maximum absolute atomic E-state index is 13.0. The van der Waals surface area contributed by atoms with Crippen molar-refractivity contribution < 1.29 is 19.5 Å². The first-order chi connectivity index (χ1) is 12.9. The molecule has 3 rings (SSSR count). The summed E-state index contributed by atoms with van der Waals surface area (Å²) in [6, 6.07) is 5.95. The van der Waals surface area contributed by atoms with Crippen molar-refractivity contribution in [3.63, 3.8) is 0 Å². The summed E-state index contributed by atoms with van der Waals surface area (Å²) in [4.78, 5) is 40.1. The second kappa shape index (κ2) is 8.11. The van der Waals surface area contributed by atoms with Crippen LogP contribution in [0.5, 0.6) is 0 Å². The Morgan fingerprint density at radius 2 is 1.93 bits per heavy atom. The lowest BCUT2D eigenvalue weighted by atomic mass is 9.92. The van der Waals surface area contributed by atoms with E-state index in [1.54, 1.807) is 9.80 Å². The predicted octanol–water partition coefficient (Wildman–Crippen LogP) is 2.76. The molecular formula is C21H28N2O4. The Hall–Kier alpha value is -2.37. The van der Waals surface area contributed by atoms with Crippen LogP contribution in [0.2, 0.25) is 0 Å². The molecule has 1 N–H and O–H groups in total. The summed E-state index contributed by atoms with van der Waals surface area (Å²) in [5.41, 5.74) is 3.17. The van der Waals surface area contributed by atoms with Crippen LogP contribution < -0.4 is 4.90 Å². The highest BCUT2D eigenvalue weighted by atomic mass is 16.4. The minimum Gasteiger partial charge on any atom is -0.481 e. The topological polar surface area (TPSA) is 77.9 Å². The molecule has 0 spiro atoms. The zero-order chi connectivity index (χ0) is 19.6. The molecule has 0 bridgehead atoms. The van der Waals surface area contributed by atoms with E-state index in [9.17, 15) is 14.4 Å². The van der Waals surface area contributed by atoms with E-state index in [1.165, 1.54) is 5.56 Å². The molecule has 2 atom stereocenters. The smallest absolute Gasteiger partial charge is 0.303 e. The molecule has 2 fully saturated rings. The lowest BCUT2D eigenvalue weighted by Gasteiger charge is -2.34. The number of rotatable bonds is 5. The molecule has 146 valence electrons. The number of hydrogen-bond donors (Lipinski definition) is 1. The predicted molar refractivity (Wildman–Crippen MR) is 103 cm³/mol. The second-order valence-electron chi connectivity index (χ2n) is 7.82. The van der Waals surface area contributed by atoms with Crippen molar-refractivity contribution in [2.24, 2.45) is 11.8 Å². The number of hydrogen-bond acceptors (Lipinski definition) is 3. The molecule has 2 saturated heterocycles. The van der Waals surface area contributed by atoms with E-state index in [2.05, 4.69) is 0 Å². The first kappa shape index (κ1) is 19.4. The number of anilines is 1. The van der Waals surface area contributed by atoms with Gasteiger partial charge in [-0.05, 0) is 68.7 Å². The molecule has 2 aliphatic heterocycles. The summed E-state index contributed by atoms with van der Waals surface area (Å²) < 4.78 is 0. The molecule has 1 aromatic rings. The number of carbonyl (C=O) groups is 3. The van der Waals surface area contributed by atoms with E-state index >= 15 is 0 Å². The van der Waals surface area contributed by atoms with Gasteiger partial charge in [0.05, 0.1) is 0 Å². The van der Waals surface area contributed by atoms with Gasteiger partial charge in [0.2, 0.25) is 11.8 Å². The quantitative estimate of drug-likeness (QED) is 0.806. The third-order valence-electron chi connectivity index (χ3n) is 5.90. The first-order valence-corrected chi connectivity index (χ1v) is 9.76. The van der Waals surface area contributed by atoms with Gasteiger partial charge in [-0.15, -0.1) is 0 Å². The normalized spacial score (nSPS) is 23.0. The van der Waals surface area contributed by atoms with E-state index < -0.39 is 11.9 Å². The fraction of sp³-hybridized carbons (Fsp3) is 0.571. The van der Waals surface area contributed by atoms with Crippen molar-refractivity contribution in [1.82, 2.24) is 4.90 Å². The van der Waals surface area contributed by atoms with Gasteiger partial charge in [-0.2, -0.15) is 0 Å². The molecule has 1 aromatic carbocycles. The van der Waals surface area contributed by atoms with Crippen molar-refractivity contribution >= 4 is 23.5 Å². The number of likely N-dealkylation sites (tertiary alicyclic amines) is 1. The highest BCUT2D eigenvalue weighted by Crippen LogP contribution is 2.30. The molecule has 2 unspecified atom stereocenters. The molecule has 6 heteroatoms. The van der Waals surface area contributed by atoms with Crippen molar-refractivity contribution in [3.8, 4) is 0 Å². The summed E-state index contributed by atoms with van der Waals surface area (Å²) in [7, 11) is 0. The molecule has 2 amide bonds. The lowest BCUT2D eigenvalue weighted by Crippen LogP contribution is -2.45. The third kappa shape index (κ3) is 4.31. The Kier molecular flexibility index (Phi) is 5.82. The fourth-order valence-electron chi connectivity index (χ4n) is 4.11. The zero-order valence-corrected chi connectivity index (χ0v) is 16.1. The summed E-state index contributed by atoms with van der Waals surface area (Å²) in [5.74, 6) is -1.40. The average Bonchev–Trinajstić information content (AvgIpc) is 3.03. The van der Waals surface area contributed by atoms with Gasteiger partial charge in [-0.3, -0.25) is 14.4 Å². The van der Waals surface area contributed by atoms with Crippen LogP contribution in [0.1, 0.15) is 43.2 Å². The number of nitrogens with zero attached hydrogens (tertiary/aromatic N) is 2. The van der Waals surface area contributed by atoms with Crippen LogP contribution in [-0.2, 0) is 14.4 Å². The summed E-state index contributed by atoms with van der Waals surface area (Å²) in [6.45, 7) is 5.85. The van der Waals surface area contributed by atoms with E-state index in [0.29, 0.717) is 32.5 Å². The lowest BCUT2D eigenvalue weighted by molar-refractivity contribution is -0.141. The molecule has 0 aromatic heterocycles. The number of aliphatic carboxylic acids is 1. The van der Waals surface area contributed by atoms with Crippen molar-refractivity contribution in [1.29, 1.82) is 0 Å². The van der Waals surface area contributed by atoms with Gasteiger partial charge < -0.3 is 14.9 Å². The minimum absolute atomic E-state index is 0.0913. The summed E-state index contributed by atoms with van der Waals surface area (Å²) in [5, 5.41) is 8.87. The maximum atomic E-state index is 13.0. The Labute approximate surface area is 160 Å². The Balaban J connectivity index is 1.64. The van der Waals surface area contributed by atoms with Gasteiger partial charge in [0.15, 0.2) is 0 Å². The molecule has 0 saturated carbocycles. The maximum Gasteiger partial charge on any atom is 0.303 e. The minimum atomic E-state index is -0.798. The van der Waals surface area contributed by atoms with Crippen LogP contribution in [0.25, 0.3) is 0 Å². The number of carbonyl (C=O) groups excluding carboxylic acids is 2. The van der Waals surface area contributed by atoms with E-state index in [0.717, 1.165) is 24.1 Å². The van der Waals surface area contributed by atoms with Gasteiger partial charge in [0.1, 0.15) is 5.92 Å². The largest absolute Gasteiger partial charge is 0.481 e. The number of aryl methyl sites for hydroxylation is 2. The standard InChI is InChI=1S/C21H28N2O4/c1-14-5-7-17(12-15(14)2)23-11-9-18(21(23)27)20(26)22-10-3-4-16(13-22)6-8-19(24)25/h5,7,12,16,18H,3-4,6,8-11,13H2,1-2H3,(H,24,25). The molecule has 0 aliphatic carbocycles. The Morgan fingerprint density at radius 1 is 1.15 bits per heavy atom. The molecule has 6 nitrogen and oxygen atoms in total. The van der Waals surface area contributed by atoms with E-state index in [-0.39, 0.29) is 24.2 Å². The molecule has 0 radical (unpaired) electrons. The van der Waals surface area contributed by atoms with Crippen molar-refractivity contribution in [2.75, 3.05) is 24.5 Å².